The Balaban J connectivity index is 1.91. The molecule has 6 nitrogen and oxygen atoms in total. The molecular weight excluding hydrogens is 414 g/mol. The number of Topliss-reactive ketones (excluding diaryl/α,β-unsaturated/α-hetero) is 1. The van der Waals surface area contributed by atoms with Crippen molar-refractivity contribution in [2.75, 3.05) is 6.54 Å². The van der Waals surface area contributed by atoms with Gasteiger partial charge in [-0.15, -0.1) is 0 Å². The summed E-state index contributed by atoms with van der Waals surface area (Å²) in [6.07, 6.45) is -1.16. The van der Waals surface area contributed by atoms with Crippen molar-refractivity contribution in [2.45, 2.75) is 45.1 Å². The van der Waals surface area contributed by atoms with E-state index in [-0.39, 0.29) is 23.6 Å². The number of ether oxygens (including phenoxy) is 1. The summed E-state index contributed by atoms with van der Waals surface area (Å²) in [5.74, 6) is -0.952. The van der Waals surface area contributed by atoms with Crippen molar-refractivity contribution < 1.29 is 22.7 Å². The average molecular weight is 438 g/mol. The molecule has 1 atom stereocenters. The number of carbonyl (C=O) groups is 2. The first-order valence-corrected chi connectivity index (χ1v) is 10.9. The Hall–Kier alpha value is -2.22. The van der Waals surface area contributed by atoms with Crippen molar-refractivity contribution in [3.63, 3.8) is 0 Å². The van der Waals surface area contributed by atoms with E-state index in [0.29, 0.717) is 10.6 Å². The average Bonchev–Trinajstić information content (AvgIpc) is 2.64. The van der Waals surface area contributed by atoms with E-state index >= 15 is 0 Å². The summed E-state index contributed by atoms with van der Waals surface area (Å²) in [6, 6.07) is 9.38. The van der Waals surface area contributed by atoms with Gasteiger partial charge in [0.1, 0.15) is 0 Å². The highest BCUT2D eigenvalue weighted by Gasteiger charge is 2.22. The van der Waals surface area contributed by atoms with E-state index in [2.05, 4.69) is 4.72 Å². The van der Waals surface area contributed by atoms with E-state index in [9.17, 15) is 18.0 Å². The van der Waals surface area contributed by atoms with Crippen LogP contribution in [0.4, 0.5) is 0 Å². The maximum absolute atomic E-state index is 12.6. The number of benzene rings is 2. The van der Waals surface area contributed by atoms with Crippen molar-refractivity contribution >= 4 is 33.4 Å². The molecule has 0 bridgehead atoms. The second kappa shape index (κ2) is 9.52. The lowest BCUT2D eigenvalue weighted by Crippen LogP contribution is -2.29. The van der Waals surface area contributed by atoms with Crippen LogP contribution in [-0.4, -0.2) is 32.8 Å². The Bertz CT molecular complexity index is 1020. The first kappa shape index (κ1) is 23.1. The van der Waals surface area contributed by atoms with Gasteiger partial charge in [0.2, 0.25) is 15.8 Å². The van der Waals surface area contributed by atoms with Crippen LogP contribution in [0.25, 0.3) is 0 Å². The number of aryl methyl sites for hydroxylation is 3. The van der Waals surface area contributed by atoms with Gasteiger partial charge in [-0.1, -0.05) is 17.7 Å². The van der Waals surface area contributed by atoms with Crippen LogP contribution in [0, 0.1) is 20.8 Å². The fraction of sp³-hybridized carbons (Fsp3) is 0.333. The van der Waals surface area contributed by atoms with Crippen LogP contribution in [0.3, 0.4) is 0 Å². The zero-order chi connectivity index (χ0) is 21.8. The van der Waals surface area contributed by atoms with E-state index in [1.54, 1.807) is 6.07 Å². The Morgan fingerprint density at radius 2 is 1.62 bits per heavy atom. The van der Waals surface area contributed by atoms with Crippen LogP contribution in [0.5, 0.6) is 0 Å². The number of nitrogens with one attached hydrogen (secondary N) is 1. The van der Waals surface area contributed by atoms with Crippen LogP contribution in [0.2, 0.25) is 5.02 Å². The molecule has 0 fully saturated rings. The third-order valence-corrected chi connectivity index (χ3v) is 6.26. The number of sulfonamides is 1. The number of hydrogen-bond donors (Lipinski definition) is 1. The van der Waals surface area contributed by atoms with Gasteiger partial charge in [-0.3, -0.25) is 9.59 Å². The fourth-order valence-corrected chi connectivity index (χ4v) is 3.90. The van der Waals surface area contributed by atoms with Gasteiger partial charge < -0.3 is 4.74 Å². The van der Waals surface area contributed by atoms with E-state index < -0.39 is 22.1 Å². The Morgan fingerprint density at radius 1 is 1.03 bits per heavy atom. The molecule has 0 spiro atoms. The van der Waals surface area contributed by atoms with Gasteiger partial charge in [0.25, 0.3) is 0 Å². The van der Waals surface area contributed by atoms with Gasteiger partial charge in [-0.2, -0.15) is 0 Å². The first-order valence-electron chi connectivity index (χ1n) is 9.08. The van der Waals surface area contributed by atoms with Gasteiger partial charge >= 0.3 is 5.97 Å². The topological polar surface area (TPSA) is 89.5 Å². The molecule has 0 heterocycles. The van der Waals surface area contributed by atoms with Crippen LogP contribution in [-0.2, 0) is 19.6 Å². The monoisotopic (exact) mass is 437 g/mol. The highest BCUT2D eigenvalue weighted by molar-refractivity contribution is 7.89. The van der Waals surface area contributed by atoms with Crippen molar-refractivity contribution in [3.8, 4) is 0 Å². The zero-order valence-corrected chi connectivity index (χ0v) is 18.4. The number of ketones is 1. The smallest absolute Gasteiger partial charge is 0.307 e. The summed E-state index contributed by atoms with van der Waals surface area (Å²) in [6.45, 7) is 7.07. The van der Waals surface area contributed by atoms with E-state index in [1.807, 2.05) is 26.8 Å². The van der Waals surface area contributed by atoms with Crippen LogP contribution < -0.4 is 4.72 Å². The predicted molar refractivity (Wildman–Crippen MR) is 112 cm³/mol. The standard InChI is InChI=1S/C21H24ClNO5S/c1-13-11-15(3)19(12-14(13)2)21(25)16(4)28-20(24)9-10-23-29(26,27)18-7-5-17(22)6-8-18/h5-8,11-12,16,23H,9-10H2,1-4H3. The lowest BCUT2D eigenvalue weighted by atomic mass is 9.96. The second-order valence-corrected chi connectivity index (χ2v) is 9.05. The molecule has 0 aliphatic carbocycles. The number of halogens is 1. The lowest BCUT2D eigenvalue weighted by molar-refractivity contribution is -0.146. The van der Waals surface area contributed by atoms with Crippen LogP contribution >= 0.6 is 11.6 Å². The highest BCUT2D eigenvalue weighted by Crippen LogP contribution is 2.18. The zero-order valence-electron chi connectivity index (χ0n) is 16.8. The molecule has 0 saturated heterocycles. The number of esters is 1. The molecule has 29 heavy (non-hydrogen) atoms. The predicted octanol–water partition coefficient (Wildman–Crippen LogP) is 3.75. The van der Waals surface area contributed by atoms with Gasteiger partial charge in [0.15, 0.2) is 6.10 Å². The maximum atomic E-state index is 12.6. The summed E-state index contributed by atoms with van der Waals surface area (Å²) in [7, 11) is -3.76. The molecule has 0 aliphatic rings. The normalized spacial score (nSPS) is 12.4. The molecule has 2 rings (SSSR count). The molecule has 0 aliphatic heterocycles. The molecule has 0 aromatic heterocycles. The molecule has 0 saturated carbocycles. The second-order valence-electron chi connectivity index (χ2n) is 6.85. The summed E-state index contributed by atoms with van der Waals surface area (Å²) in [5, 5.41) is 0.421. The minimum absolute atomic E-state index is 0.0454. The van der Waals surface area contributed by atoms with Crippen molar-refractivity contribution in [1.29, 1.82) is 0 Å². The van der Waals surface area contributed by atoms with Crippen molar-refractivity contribution in [2.24, 2.45) is 0 Å². The minimum atomic E-state index is -3.76. The van der Waals surface area contributed by atoms with Gasteiger partial charge in [-0.05, 0) is 74.7 Å². The quantitative estimate of drug-likeness (QED) is 0.501. The minimum Gasteiger partial charge on any atom is -0.454 e. The summed E-state index contributed by atoms with van der Waals surface area (Å²) in [5.41, 5.74) is 3.39. The molecular formula is C21H24ClNO5S. The number of hydrogen-bond acceptors (Lipinski definition) is 5. The first-order chi connectivity index (χ1) is 13.5. The summed E-state index contributed by atoms with van der Waals surface area (Å²) >= 11 is 5.75. The third-order valence-electron chi connectivity index (χ3n) is 4.53. The molecule has 2 aromatic carbocycles. The SMILES string of the molecule is Cc1cc(C)c(C(=O)C(C)OC(=O)CCNS(=O)(=O)c2ccc(Cl)cc2)cc1C. The van der Waals surface area contributed by atoms with Crippen LogP contribution in [0.15, 0.2) is 41.3 Å². The van der Waals surface area contributed by atoms with E-state index in [0.717, 1.165) is 16.7 Å². The van der Waals surface area contributed by atoms with E-state index in [1.165, 1.54) is 31.2 Å². The Morgan fingerprint density at radius 3 is 2.24 bits per heavy atom. The lowest BCUT2D eigenvalue weighted by Gasteiger charge is -2.15. The third kappa shape index (κ3) is 6.13. The molecule has 2 aromatic rings. The van der Waals surface area contributed by atoms with E-state index in [4.69, 9.17) is 16.3 Å². The summed E-state index contributed by atoms with van der Waals surface area (Å²) in [4.78, 5) is 24.7. The molecule has 1 unspecified atom stereocenters. The van der Waals surface area contributed by atoms with Gasteiger partial charge in [0.05, 0.1) is 11.3 Å². The fourth-order valence-electron chi connectivity index (χ4n) is 2.74. The molecule has 0 amide bonds. The number of carbonyl (C=O) groups excluding carboxylic acids is 2. The summed E-state index contributed by atoms with van der Waals surface area (Å²) < 4.78 is 31.9. The molecule has 8 heteroatoms. The Kier molecular flexibility index (Phi) is 7.57. The number of rotatable bonds is 8. The van der Waals surface area contributed by atoms with Crippen LogP contribution in [0.1, 0.15) is 40.4 Å². The van der Waals surface area contributed by atoms with Gasteiger partial charge in [-0.25, -0.2) is 13.1 Å². The molecule has 1 N–H and O–H groups in total. The highest BCUT2D eigenvalue weighted by atomic mass is 35.5. The Labute approximate surface area is 176 Å². The van der Waals surface area contributed by atoms with Gasteiger partial charge in [0, 0.05) is 17.1 Å². The maximum Gasteiger partial charge on any atom is 0.307 e. The van der Waals surface area contributed by atoms with Crippen molar-refractivity contribution in [1.82, 2.24) is 4.72 Å². The van der Waals surface area contributed by atoms with Crippen molar-refractivity contribution in [3.05, 3.63) is 63.7 Å². The molecule has 156 valence electrons. The largest absolute Gasteiger partial charge is 0.454 e. The molecule has 0 radical (unpaired) electrons.